The molecule has 0 fully saturated rings. The van der Waals surface area contributed by atoms with Crippen molar-refractivity contribution in [2.75, 3.05) is 0 Å². The van der Waals surface area contributed by atoms with Crippen molar-refractivity contribution in [3.05, 3.63) is 28.4 Å². The van der Waals surface area contributed by atoms with E-state index < -0.39 is 6.04 Å². The number of tetrazole rings is 1. The van der Waals surface area contributed by atoms with Crippen LogP contribution in [0.25, 0.3) is 0 Å². The van der Waals surface area contributed by atoms with Crippen LogP contribution in [0, 0.1) is 0 Å². The van der Waals surface area contributed by atoms with Crippen LogP contribution in [-0.2, 0) is 7.05 Å². The van der Waals surface area contributed by atoms with Crippen LogP contribution in [-0.4, -0.2) is 20.2 Å². The van der Waals surface area contributed by atoms with Gasteiger partial charge in [-0.2, -0.15) is 4.80 Å². The Morgan fingerprint density at radius 3 is 2.93 bits per heavy atom. The van der Waals surface area contributed by atoms with Crippen molar-refractivity contribution in [2.24, 2.45) is 12.8 Å². The standard InChI is InChI=1S/C7H8BrN5O/c1-13-11-7(10-12-13)6(9)4-2-5(8)14-3-4/h2-3,6H,9H2,1H3. The van der Waals surface area contributed by atoms with Gasteiger partial charge in [0.2, 0.25) is 0 Å². The van der Waals surface area contributed by atoms with E-state index in [1.807, 2.05) is 0 Å². The van der Waals surface area contributed by atoms with Crippen LogP contribution in [0.15, 0.2) is 21.4 Å². The highest BCUT2D eigenvalue weighted by molar-refractivity contribution is 9.10. The molecule has 0 amide bonds. The van der Waals surface area contributed by atoms with Crippen molar-refractivity contribution in [1.82, 2.24) is 20.2 Å². The molecule has 0 bridgehead atoms. The van der Waals surface area contributed by atoms with E-state index in [-0.39, 0.29) is 0 Å². The van der Waals surface area contributed by atoms with Crippen LogP contribution in [0.1, 0.15) is 17.4 Å². The Morgan fingerprint density at radius 1 is 1.64 bits per heavy atom. The summed E-state index contributed by atoms with van der Waals surface area (Å²) in [7, 11) is 1.69. The van der Waals surface area contributed by atoms with E-state index in [0.717, 1.165) is 5.56 Å². The summed E-state index contributed by atoms with van der Waals surface area (Å²) < 4.78 is 5.70. The molecule has 74 valence electrons. The summed E-state index contributed by atoms with van der Waals surface area (Å²) in [6.45, 7) is 0. The van der Waals surface area contributed by atoms with E-state index in [4.69, 9.17) is 10.2 Å². The molecule has 2 N–H and O–H groups in total. The topological polar surface area (TPSA) is 82.8 Å². The number of hydrogen-bond donors (Lipinski definition) is 1. The van der Waals surface area contributed by atoms with Crippen molar-refractivity contribution >= 4 is 15.9 Å². The minimum atomic E-state index is -0.404. The number of nitrogens with two attached hydrogens (primary N) is 1. The first-order valence-electron chi connectivity index (χ1n) is 3.90. The zero-order chi connectivity index (χ0) is 10.1. The smallest absolute Gasteiger partial charge is 0.196 e. The van der Waals surface area contributed by atoms with E-state index in [0.29, 0.717) is 10.5 Å². The van der Waals surface area contributed by atoms with E-state index in [1.54, 1.807) is 19.4 Å². The minimum Gasteiger partial charge on any atom is -0.457 e. The first kappa shape index (κ1) is 9.35. The Morgan fingerprint density at radius 2 is 2.43 bits per heavy atom. The summed E-state index contributed by atoms with van der Waals surface area (Å²) in [5, 5.41) is 11.5. The van der Waals surface area contributed by atoms with Gasteiger partial charge >= 0.3 is 0 Å². The Labute approximate surface area is 88.2 Å². The molecule has 2 aromatic rings. The Balaban J connectivity index is 2.28. The molecule has 6 nitrogen and oxygen atoms in total. The predicted octanol–water partition coefficient (Wildman–Crippen LogP) is 0.614. The third kappa shape index (κ3) is 1.68. The lowest BCUT2D eigenvalue weighted by Gasteiger charge is -2.01. The molecule has 7 heteroatoms. The van der Waals surface area contributed by atoms with Gasteiger partial charge in [-0.3, -0.25) is 0 Å². The number of nitrogens with zero attached hydrogens (tertiary/aromatic N) is 4. The van der Waals surface area contributed by atoms with Gasteiger partial charge in [-0.05, 0) is 27.2 Å². The highest BCUT2D eigenvalue weighted by atomic mass is 79.9. The lowest BCUT2D eigenvalue weighted by atomic mass is 10.1. The van der Waals surface area contributed by atoms with Crippen LogP contribution in [0.3, 0.4) is 0 Å². The molecular weight excluding hydrogens is 250 g/mol. The maximum atomic E-state index is 5.88. The first-order valence-corrected chi connectivity index (χ1v) is 4.69. The fourth-order valence-electron chi connectivity index (χ4n) is 1.06. The maximum Gasteiger partial charge on any atom is 0.196 e. The molecule has 0 aliphatic rings. The zero-order valence-electron chi connectivity index (χ0n) is 7.38. The second kappa shape index (κ2) is 3.50. The number of rotatable bonds is 2. The summed E-state index contributed by atoms with van der Waals surface area (Å²) in [6.07, 6.45) is 1.56. The van der Waals surface area contributed by atoms with E-state index >= 15 is 0 Å². The maximum absolute atomic E-state index is 5.88. The van der Waals surface area contributed by atoms with Gasteiger partial charge in [0, 0.05) is 5.56 Å². The Hall–Kier alpha value is -1.21. The number of aromatic nitrogens is 4. The van der Waals surface area contributed by atoms with Crippen LogP contribution in [0.2, 0.25) is 0 Å². The third-order valence-electron chi connectivity index (χ3n) is 1.75. The molecule has 2 heterocycles. The molecule has 0 spiro atoms. The Kier molecular flexibility index (Phi) is 2.34. The summed E-state index contributed by atoms with van der Waals surface area (Å²) in [5.74, 6) is 0.473. The average Bonchev–Trinajstić information content (AvgIpc) is 2.73. The molecular formula is C7H8BrN5O. The van der Waals surface area contributed by atoms with Gasteiger partial charge in [-0.15, -0.1) is 10.2 Å². The molecule has 0 aliphatic carbocycles. The van der Waals surface area contributed by atoms with Gasteiger partial charge in [-0.1, -0.05) is 0 Å². The average molecular weight is 258 g/mol. The monoisotopic (exact) mass is 257 g/mol. The number of furan rings is 1. The van der Waals surface area contributed by atoms with Crippen LogP contribution in [0.5, 0.6) is 0 Å². The van der Waals surface area contributed by atoms with Gasteiger partial charge in [0.15, 0.2) is 10.5 Å². The largest absolute Gasteiger partial charge is 0.457 e. The Bertz CT molecular complexity index is 396. The molecule has 1 atom stereocenters. The van der Waals surface area contributed by atoms with Gasteiger partial charge in [0.05, 0.1) is 19.4 Å². The number of aryl methyl sites for hydroxylation is 1. The molecule has 0 aliphatic heterocycles. The highest BCUT2D eigenvalue weighted by Gasteiger charge is 2.16. The fourth-order valence-corrected chi connectivity index (χ4v) is 1.42. The van der Waals surface area contributed by atoms with Crippen molar-refractivity contribution < 1.29 is 4.42 Å². The quantitative estimate of drug-likeness (QED) is 0.853. The van der Waals surface area contributed by atoms with E-state index in [1.165, 1.54) is 4.80 Å². The SMILES string of the molecule is Cn1nnc(C(N)c2coc(Br)c2)n1. The van der Waals surface area contributed by atoms with Crippen molar-refractivity contribution in [2.45, 2.75) is 6.04 Å². The van der Waals surface area contributed by atoms with Gasteiger partial charge < -0.3 is 10.2 Å². The molecule has 1 unspecified atom stereocenters. The molecule has 0 radical (unpaired) electrons. The number of hydrogen-bond acceptors (Lipinski definition) is 5. The molecule has 14 heavy (non-hydrogen) atoms. The third-order valence-corrected chi connectivity index (χ3v) is 2.16. The lowest BCUT2D eigenvalue weighted by Crippen LogP contribution is -2.13. The van der Waals surface area contributed by atoms with Crippen LogP contribution >= 0.6 is 15.9 Å². The van der Waals surface area contributed by atoms with Gasteiger partial charge in [0.1, 0.15) is 0 Å². The van der Waals surface area contributed by atoms with Crippen molar-refractivity contribution in [3.63, 3.8) is 0 Å². The lowest BCUT2D eigenvalue weighted by molar-refractivity contribution is 0.536. The first-order chi connectivity index (χ1) is 6.66. The summed E-state index contributed by atoms with van der Waals surface area (Å²) >= 11 is 3.19. The molecule has 0 saturated heterocycles. The summed E-state index contributed by atoms with van der Waals surface area (Å²) in [6, 6.07) is 1.37. The van der Waals surface area contributed by atoms with Crippen LogP contribution < -0.4 is 5.73 Å². The minimum absolute atomic E-state index is 0.404. The van der Waals surface area contributed by atoms with Crippen molar-refractivity contribution in [1.29, 1.82) is 0 Å². The molecule has 0 aromatic carbocycles. The van der Waals surface area contributed by atoms with E-state index in [2.05, 4.69) is 31.3 Å². The molecule has 2 rings (SSSR count). The fraction of sp³-hybridized carbons (Fsp3) is 0.286. The predicted molar refractivity (Wildman–Crippen MR) is 51.2 cm³/mol. The molecule has 2 aromatic heterocycles. The summed E-state index contributed by atoms with van der Waals surface area (Å²) in [4.78, 5) is 1.37. The molecule has 0 saturated carbocycles. The second-order valence-electron chi connectivity index (χ2n) is 2.80. The second-order valence-corrected chi connectivity index (χ2v) is 3.58. The van der Waals surface area contributed by atoms with Crippen molar-refractivity contribution in [3.8, 4) is 0 Å². The van der Waals surface area contributed by atoms with Gasteiger partial charge in [-0.25, -0.2) is 0 Å². The number of halogens is 1. The summed E-state index contributed by atoms with van der Waals surface area (Å²) in [5.41, 5.74) is 6.69. The van der Waals surface area contributed by atoms with Gasteiger partial charge in [0.25, 0.3) is 0 Å². The van der Waals surface area contributed by atoms with E-state index in [9.17, 15) is 0 Å². The zero-order valence-corrected chi connectivity index (χ0v) is 8.97. The highest BCUT2D eigenvalue weighted by Crippen LogP contribution is 2.21. The van der Waals surface area contributed by atoms with Crippen LogP contribution in [0.4, 0.5) is 0 Å². The normalized spacial score (nSPS) is 13.1.